The lowest BCUT2D eigenvalue weighted by Gasteiger charge is -2.16. The van der Waals surface area contributed by atoms with E-state index in [0.29, 0.717) is 5.56 Å². The predicted molar refractivity (Wildman–Crippen MR) is 131 cm³/mol. The van der Waals surface area contributed by atoms with Gasteiger partial charge in [-0.05, 0) is 61.0 Å². The van der Waals surface area contributed by atoms with Crippen molar-refractivity contribution >= 4 is 52.9 Å². The van der Waals surface area contributed by atoms with Gasteiger partial charge in [-0.25, -0.2) is 25.3 Å². The zero-order valence-corrected chi connectivity index (χ0v) is 21.1. The van der Waals surface area contributed by atoms with Gasteiger partial charge in [-0.3, -0.25) is 4.72 Å². The van der Waals surface area contributed by atoms with Crippen LogP contribution in [0.25, 0.3) is 0 Å². The first-order valence-corrected chi connectivity index (χ1v) is 14.5. The van der Waals surface area contributed by atoms with Gasteiger partial charge < -0.3 is 10.9 Å². The molecule has 0 fully saturated rings. The summed E-state index contributed by atoms with van der Waals surface area (Å²) < 4.78 is 76.8. The van der Waals surface area contributed by atoms with Crippen molar-refractivity contribution in [1.82, 2.24) is 4.83 Å². The minimum Gasteiger partial charge on any atom is -0.412 e. The van der Waals surface area contributed by atoms with Gasteiger partial charge in [-0.2, -0.15) is 0 Å². The van der Waals surface area contributed by atoms with Crippen LogP contribution in [0, 0.1) is 6.92 Å². The number of sulfonamides is 2. The fraction of sp³-hybridized carbons (Fsp3) is 0.100. The van der Waals surface area contributed by atoms with Crippen molar-refractivity contribution in [2.45, 2.75) is 21.6 Å². The number of para-hydroxylation sites is 1. The molecule has 0 aromatic heterocycles. The lowest BCUT2D eigenvalue weighted by atomic mass is 10.2. The van der Waals surface area contributed by atoms with E-state index in [9.17, 15) is 25.3 Å². The maximum atomic E-state index is 13.0. The monoisotopic (exact) mass is 547 g/mol. The van der Waals surface area contributed by atoms with Gasteiger partial charge in [0.2, 0.25) is 0 Å². The molecule has 0 radical (unpaired) electrons. The Hall–Kier alpha value is -2.68. The third-order valence-corrected chi connectivity index (χ3v) is 8.55. The van der Waals surface area contributed by atoms with Gasteiger partial charge in [-0.1, -0.05) is 29.8 Å². The second kappa shape index (κ2) is 10.3. The van der Waals surface area contributed by atoms with E-state index >= 15 is 0 Å². The highest BCUT2D eigenvalue weighted by Crippen LogP contribution is 2.28. The Bertz CT molecular complexity index is 1510. The SMILES string of the molecule is Cc1ccc(NNS(=O)(=O)c2ccc(S(C)(=O)=O)cc2)c(S(=O)(=O)Nc2ccccc2Cl)c1.O. The number of hydrogen-bond acceptors (Lipinski definition) is 7. The third-order valence-electron chi connectivity index (χ3n) is 4.43. The number of hydrogen-bond donors (Lipinski definition) is 3. The molecule has 0 aliphatic carbocycles. The molecule has 10 nitrogen and oxygen atoms in total. The topological polar surface area (TPSA) is 170 Å². The average Bonchev–Trinajstić information content (AvgIpc) is 2.74. The summed E-state index contributed by atoms with van der Waals surface area (Å²) in [5.74, 6) is 0. The molecule has 0 saturated carbocycles. The molecule has 3 rings (SSSR count). The first-order valence-electron chi connectivity index (χ1n) is 9.25. The molecule has 3 aromatic carbocycles. The van der Waals surface area contributed by atoms with Crippen molar-refractivity contribution in [3.8, 4) is 0 Å². The number of rotatable bonds is 8. The molecule has 0 atom stereocenters. The van der Waals surface area contributed by atoms with E-state index in [0.717, 1.165) is 18.4 Å². The molecule has 3 aromatic rings. The molecule has 0 spiro atoms. The van der Waals surface area contributed by atoms with E-state index in [4.69, 9.17) is 11.6 Å². The van der Waals surface area contributed by atoms with Crippen LogP contribution in [-0.2, 0) is 29.9 Å². The van der Waals surface area contributed by atoms with E-state index in [2.05, 4.69) is 15.0 Å². The standard InChI is InChI=1S/C20H20ClN3O6S3.H2O/c1-14-7-12-19(20(13-14)33(29,30)23-18-6-4-3-5-17(18)21)22-24-32(27,28)16-10-8-15(9-11-16)31(2,25)26;/h3-13,22-24H,1-2H3;1H2. The number of benzene rings is 3. The van der Waals surface area contributed by atoms with Crippen LogP contribution in [0.1, 0.15) is 5.56 Å². The second-order valence-electron chi connectivity index (χ2n) is 7.06. The fourth-order valence-corrected chi connectivity index (χ4v) is 5.80. The molecule has 34 heavy (non-hydrogen) atoms. The van der Waals surface area contributed by atoms with E-state index in [1.807, 2.05) is 0 Å². The van der Waals surface area contributed by atoms with Crippen LogP contribution in [0.3, 0.4) is 0 Å². The highest BCUT2D eigenvalue weighted by molar-refractivity contribution is 7.93. The van der Waals surface area contributed by atoms with Crippen molar-refractivity contribution in [3.63, 3.8) is 0 Å². The largest absolute Gasteiger partial charge is 0.412 e. The Balaban J connectivity index is 0.00000408. The molecular weight excluding hydrogens is 526 g/mol. The number of halogens is 1. The van der Waals surface area contributed by atoms with Crippen LogP contribution in [0.5, 0.6) is 0 Å². The van der Waals surface area contributed by atoms with Crippen LogP contribution < -0.4 is 15.0 Å². The van der Waals surface area contributed by atoms with E-state index < -0.39 is 29.9 Å². The summed E-state index contributed by atoms with van der Waals surface area (Å²) in [6.45, 7) is 1.69. The van der Waals surface area contributed by atoms with Gasteiger partial charge in [0, 0.05) is 6.26 Å². The van der Waals surface area contributed by atoms with Crippen molar-refractivity contribution in [2.75, 3.05) is 16.4 Å². The molecule has 0 aliphatic rings. The van der Waals surface area contributed by atoms with Gasteiger partial charge >= 0.3 is 0 Å². The highest BCUT2D eigenvalue weighted by atomic mass is 35.5. The van der Waals surface area contributed by atoms with Crippen LogP contribution in [0.15, 0.2) is 81.4 Å². The number of aryl methyl sites for hydroxylation is 1. The van der Waals surface area contributed by atoms with Crippen molar-refractivity contribution in [2.24, 2.45) is 0 Å². The lowest BCUT2D eigenvalue weighted by molar-refractivity contribution is 0.586. The molecule has 0 unspecified atom stereocenters. The Morgan fingerprint density at radius 3 is 1.91 bits per heavy atom. The number of anilines is 2. The van der Waals surface area contributed by atoms with Gasteiger partial charge in [0.25, 0.3) is 20.0 Å². The Morgan fingerprint density at radius 1 is 0.735 bits per heavy atom. The average molecular weight is 548 g/mol. The maximum Gasteiger partial charge on any atom is 0.264 e. The molecule has 0 saturated heterocycles. The van der Waals surface area contributed by atoms with Gasteiger partial charge in [0.05, 0.1) is 26.2 Å². The zero-order valence-electron chi connectivity index (χ0n) is 17.9. The van der Waals surface area contributed by atoms with Crippen molar-refractivity contribution in [3.05, 3.63) is 77.3 Å². The number of hydrazine groups is 1. The van der Waals surface area contributed by atoms with E-state index in [-0.39, 0.29) is 36.6 Å². The summed E-state index contributed by atoms with van der Waals surface area (Å²) in [6.07, 6.45) is 1.01. The zero-order chi connectivity index (χ0) is 24.4. The first kappa shape index (κ1) is 27.6. The normalized spacial score (nSPS) is 12.0. The van der Waals surface area contributed by atoms with Crippen LogP contribution in [0.4, 0.5) is 11.4 Å². The maximum absolute atomic E-state index is 13.0. The molecule has 0 aliphatic heterocycles. The third kappa shape index (κ3) is 6.46. The summed E-state index contributed by atoms with van der Waals surface area (Å²) in [7, 11) is -11.8. The molecule has 5 N–H and O–H groups in total. The van der Waals surface area contributed by atoms with Crippen molar-refractivity contribution in [1.29, 1.82) is 0 Å². The minimum absolute atomic E-state index is 0. The molecule has 0 amide bonds. The number of nitrogens with one attached hydrogen (secondary N) is 3. The highest BCUT2D eigenvalue weighted by Gasteiger charge is 2.22. The molecule has 0 heterocycles. The van der Waals surface area contributed by atoms with Gasteiger partial charge in [0.15, 0.2) is 9.84 Å². The predicted octanol–water partition coefficient (Wildman–Crippen LogP) is 2.33. The second-order valence-corrected chi connectivity index (χ2v) is 12.8. The van der Waals surface area contributed by atoms with Crippen LogP contribution in [0.2, 0.25) is 5.02 Å². The molecule has 0 bridgehead atoms. The summed E-state index contributed by atoms with van der Waals surface area (Å²) >= 11 is 6.04. The van der Waals surface area contributed by atoms with Crippen LogP contribution >= 0.6 is 11.6 Å². The van der Waals surface area contributed by atoms with Gasteiger partial charge in [-0.15, -0.1) is 4.83 Å². The smallest absolute Gasteiger partial charge is 0.264 e. The molecule has 184 valence electrons. The van der Waals surface area contributed by atoms with E-state index in [1.54, 1.807) is 25.1 Å². The fourth-order valence-electron chi connectivity index (χ4n) is 2.75. The van der Waals surface area contributed by atoms with E-state index in [1.165, 1.54) is 36.4 Å². The van der Waals surface area contributed by atoms with Gasteiger partial charge in [0.1, 0.15) is 4.90 Å². The number of sulfone groups is 1. The van der Waals surface area contributed by atoms with Crippen LogP contribution in [-0.4, -0.2) is 37.0 Å². The Labute approximate surface area is 203 Å². The summed E-state index contributed by atoms with van der Waals surface area (Å²) in [4.78, 5) is 1.65. The quantitative estimate of drug-likeness (QED) is 0.363. The minimum atomic E-state index is -4.15. The molecular formula is C20H22ClN3O7S3. The lowest BCUT2D eigenvalue weighted by Crippen LogP contribution is -2.30. The molecule has 14 heteroatoms. The summed E-state index contributed by atoms with van der Waals surface area (Å²) in [6, 6.07) is 15.3. The van der Waals surface area contributed by atoms with Crippen molar-refractivity contribution < 1.29 is 30.7 Å². The summed E-state index contributed by atoms with van der Waals surface area (Å²) in [5, 5.41) is 0.196. The first-order chi connectivity index (χ1) is 15.3. The Kier molecular flexibility index (Phi) is 8.35. The Morgan fingerprint density at radius 2 is 1.32 bits per heavy atom. The summed E-state index contributed by atoms with van der Waals surface area (Å²) in [5.41, 5.74) is 3.18.